The summed E-state index contributed by atoms with van der Waals surface area (Å²) in [5.74, 6) is 2.02. The Balaban J connectivity index is 1.50. The van der Waals surface area contributed by atoms with Gasteiger partial charge in [0.25, 0.3) is 0 Å². The Bertz CT molecular complexity index is 461. The van der Waals surface area contributed by atoms with E-state index in [1.807, 2.05) is 6.08 Å². The van der Waals surface area contributed by atoms with E-state index in [1.165, 1.54) is 19.3 Å². The first kappa shape index (κ1) is 13.5. The first-order chi connectivity index (χ1) is 10.2. The average molecular weight is 289 g/mol. The largest absolute Gasteiger partial charge is 0.458 e. The average Bonchev–Trinajstić information content (AvgIpc) is 2.45. The van der Waals surface area contributed by atoms with Crippen molar-refractivity contribution in [3.63, 3.8) is 0 Å². The number of esters is 1. The van der Waals surface area contributed by atoms with Gasteiger partial charge >= 0.3 is 5.97 Å². The SMILES string of the molecule is O=CC1=CCCNC1C(=O)OC12CC3CC(CC(C3)C1)C2. The van der Waals surface area contributed by atoms with Gasteiger partial charge in [-0.05, 0) is 69.2 Å². The van der Waals surface area contributed by atoms with Crippen molar-refractivity contribution in [1.29, 1.82) is 0 Å². The Morgan fingerprint density at radius 2 is 1.81 bits per heavy atom. The molecule has 0 aromatic rings. The second kappa shape index (κ2) is 4.94. The summed E-state index contributed by atoms with van der Waals surface area (Å²) in [6.07, 6.45) is 10.6. The lowest BCUT2D eigenvalue weighted by Crippen LogP contribution is -2.55. The van der Waals surface area contributed by atoms with Crippen LogP contribution in [0.2, 0.25) is 0 Å². The minimum Gasteiger partial charge on any atom is -0.458 e. The molecule has 114 valence electrons. The van der Waals surface area contributed by atoms with Gasteiger partial charge in [-0.15, -0.1) is 0 Å². The van der Waals surface area contributed by atoms with Crippen molar-refractivity contribution in [3.05, 3.63) is 11.6 Å². The summed E-state index contributed by atoms with van der Waals surface area (Å²) in [5.41, 5.74) is 0.315. The molecule has 1 heterocycles. The molecule has 4 saturated carbocycles. The van der Waals surface area contributed by atoms with Crippen LogP contribution in [0.1, 0.15) is 44.9 Å². The number of nitrogens with one attached hydrogen (secondary N) is 1. The Hall–Kier alpha value is -1.16. The van der Waals surface area contributed by atoms with E-state index in [9.17, 15) is 9.59 Å². The molecule has 5 aliphatic rings. The Labute approximate surface area is 125 Å². The molecule has 1 N–H and O–H groups in total. The fourth-order valence-electron chi connectivity index (χ4n) is 5.47. The second-order valence-corrected chi connectivity index (χ2v) is 7.52. The van der Waals surface area contributed by atoms with Gasteiger partial charge in [-0.3, -0.25) is 4.79 Å². The van der Waals surface area contributed by atoms with Gasteiger partial charge in [-0.25, -0.2) is 4.79 Å². The summed E-state index contributed by atoms with van der Waals surface area (Å²) >= 11 is 0. The van der Waals surface area contributed by atoms with Gasteiger partial charge < -0.3 is 10.1 Å². The number of carbonyl (C=O) groups is 2. The molecule has 0 saturated heterocycles. The van der Waals surface area contributed by atoms with E-state index in [0.29, 0.717) is 5.57 Å². The van der Waals surface area contributed by atoms with Crippen LogP contribution in [0.25, 0.3) is 0 Å². The molecular formula is C17H23NO3. The molecule has 0 aromatic carbocycles. The van der Waals surface area contributed by atoms with E-state index >= 15 is 0 Å². The summed E-state index contributed by atoms with van der Waals surface area (Å²) in [4.78, 5) is 23.7. The smallest absolute Gasteiger partial charge is 0.328 e. The minimum atomic E-state index is -0.552. The lowest BCUT2D eigenvalue weighted by molar-refractivity contribution is -0.188. The van der Waals surface area contributed by atoms with Gasteiger partial charge in [-0.1, -0.05) is 6.08 Å². The third-order valence-electron chi connectivity index (χ3n) is 5.88. The zero-order chi connectivity index (χ0) is 14.4. The summed E-state index contributed by atoms with van der Waals surface area (Å²) < 4.78 is 6.02. The molecule has 5 rings (SSSR count). The van der Waals surface area contributed by atoms with Crippen LogP contribution in [0.15, 0.2) is 11.6 Å². The topological polar surface area (TPSA) is 55.4 Å². The van der Waals surface area contributed by atoms with Crippen LogP contribution >= 0.6 is 0 Å². The number of hydrogen-bond donors (Lipinski definition) is 1. The van der Waals surface area contributed by atoms with E-state index in [2.05, 4.69) is 5.32 Å². The van der Waals surface area contributed by atoms with Crippen LogP contribution in [-0.2, 0) is 14.3 Å². The highest BCUT2D eigenvalue weighted by Crippen LogP contribution is 2.57. The number of ether oxygens (including phenoxy) is 1. The van der Waals surface area contributed by atoms with E-state index in [-0.39, 0.29) is 11.6 Å². The second-order valence-electron chi connectivity index (χ2n) is 7.52. The van der Waals surface area contributed by atoms with Gasteiger partial charge in [0.05, 0.1) is 0 Å². The molecule has 0 spiro atoms. The molecule has 0 radical (unpaired) electrons. The molecule has 0 amide bonds. The van der Waals surface area contributed by atoms with Crippen LogP contribution in [0, 0.1) is 17.8 Å². The van der Waals surface area contributed by atoms with Crippen LogP contribution in [0.3, 0.4) is 0 Å². The molecule has 4 aliphatic carbocycles. The molecular weight excluding hydrogens is 266 g/mol. The lowest BCUT2D eigenvalue weighted by Gasteiger charge is -2.55. The van der Waals surface area contributed by atoms with Crippen LogP contribution in [0.4, 0.5) is 0 Å². The van der Waals surface area contributed by atoms with E-state index < -0.39 is 6.04 Å². The van der Waals surface area contributed by atoms with Crippen molar-refractivity contribution in [2.75, 3.05) is 6.54 Å². The standard InChI is InChI=1S/C17H23NO3/c19-10-14-2-1-3-18-15(14)16(20)21-17-7-11-4-12(8-17)6-13(5-11)9-17/h2,10-13,15,18H,1,3-9H2. The predicted octanol–water partition coefficient (Wildman–Crippen LogP) is 1.99. The zero-order valence-electron chi connectivity index (χ0n) is 12.3. The molecule has 21 heavy (non-hydrogen) atoms. The van der Waals surface area contributed by atoms with Crippen molar-refractivity contribution in [3.8, 4) is 0 Å². The van der Waals surface area contributed by atoms with Crippen molar-refractivity contribution < 1.29 is 14.3 Å². The molecule has 1 unspecified atom stereocenters. The first-order valence-corrected chi connectivity index (χ1v) is 8.29. The Morgan fingerprint density at radius 1 is 1.19 bits per heavy atom. The van der Waals surface area contributed by atoms with Gasteiger partial charge in [-0.2, -0.15) is 0 Å². The molecule has 1 atom stereocenters. The third-order valence-corrected chi connectivity index (χ3v) is 5.88. The molecule has 1 aliphatic heterocycles. The number of carbonyl (C=O) groups excluding carboxylic acids is 2. The van der Waals surface area contributed by atoms with Crippen molar-refractivity contribution in [2.24, 2.45) is 17.8 Å². The van der Waals surface area contributed by atoms with Crippen molar-refractivity contribution >= 4 is 12.3 Å². The lowest BCUT2D eigenvalue weighted by atomic mass is 9.54. The maximum Gasteiger partial charge on any atom is 0.328 e. The summed E-state index contributed by atoms with van der Waals surface area (Å²) in [6, 6.07) is -0.552. The molecule has 0 aromatic heterocycles. The maximum atomic E-state index is 12.6. The summed E-state index contributed by atoms with van der Waals surface area (Å²) in [6.45, 7) is 0.734. The molecule has 4 nitrogen and oxygen atoms in total. The van der Waals surface area contributed by atoms with E-state index in [1.54, 1.807) is 0 Å². The highest BCUT2D eigenvalue weighted by atomic mass is 16.6. The van der Waals surface area contributed by atoms with Crippen LogP contribution in [-0.4, -0.2) is 30.4 Å². The van der Waals surface area contributed by atoms with Gasteiger partial charge in [0, 0.05) is 5.57 Å². The predicted molar refractivity (Wildman–Crippen MR) is 77.5 cm³/mol. The first-order valence-electron chi connectivity index (χ1n) is 8.29. The number of hydrogen-bond acceptors (Lipinski definition) is 4. The van der Waals surface area contributed by atoms with Gasteiger partial charge in [0.2, 0.25) is 0 Å². The van der Waals surface area contributed by atoms with E-state index in [4.69, 9.17) is 4.74 Å². The van der Waals surface area contributed by atoms with Crippen LogP contribution < -0.4 is 5.32 Å². The molecule has 4 heteroatoms. The zero-order valence-corrected chi connectivity index (χ0v) is 12.3. The fraction of sp³-hybridized carbons (Fsp3) is 0.765. The molecule has 4 fully saturated rings. The molecule has 4 bridgehead atoms. The van der Waals surface area contributed by atoms with Crippen molar-refractivity contribution in [2.45, 2.75) is 56.6 Å². The third kappa shape index (κ3) is 2.33. The van der Waals surface area contributed by atoms with E-state index in [0.717, 1.165) is 56.3 Å². The highest BCUT2D eigenvalue weighted by molar-refractivity contribution is 5.90. The minimum absolute atomic E-state index is 0.223. The Morgan fingerprint density at radius 3 is 2.38 bits per heavy atom. The van der Waals surface area contributed by atoms with Crippen LogP contribution in [0.5, 0.6) is 0 Å². The van der Waals surface area contributed by atoms with Gasteiger partial charge in [0.1, 0.15) is 17.9 Å². The maximum absolute atomic E-state index is 12.6. The summed E-state index contributed by atoms with van der Waals surface area (Å²) in [7, 11) is 0. The normalized spacial score (nSPS) is 44.3. The quantitative estimate of drug-likeness (QED) is 0.637. The highest BCUT2D eigenvalue weighted by Gasteiger charge is 2.53. The van der Waals surface area contributed by atoms with Crippen molar-refractivity contribution in [1.82, 2.24) is 5.32 Å². The summed E-state index contributed by atoms with van der Waals surface area (Å²) in [5, 5.41) is 3.13. The number of aldehydes is 1. The monoisotopic (exact) mass is 289 g/mol. The van der Waals surface area contributed by atoms with Gasteiger partial charge in [0.15, 0.2) is 0 Å². The number of rotatable bonds is 3. The Kier molecular flexibility index (Phi) is 3.18. The fourth-order valence-corrected chi connectivity index (χ4v) is 5.47.